The highest BCUT2D eigenvalue weighted by atomic mass is 32.1. The summed E-state index contributed by atoms with van der Waals surface area (Å²) < 4.78 is 10.4. The summed E-state index contributed by atoms with van der Waals surface area (Å²) in [6.45, 7) is 5.23. The first-order valence-corrected chi connectivity index (χ1v) is 9.05. The van der Waals surface area contributed by atoms with Gasteiger partial charge in [-0.15, -0.1) is 11.3 Å². The summed E-state index contributed by atoms with van der Waals surface area (Å²) in [7, 11) is 0. The van der Waals surface area contributed by atoms with Crippen molar-refractivity contribution < 1.29 is 19.1 Å². The molecule has 0 aromatic carbocycles. The Morgan fingerprint density at radius 3 is 2.78 bits per heavy atom. The summed E-state index contributed by atoms with van der Waals surface area (Å²) in [6.07, 6.45) is 2.15. The Morgan fingerprint density at radius 1 is 1.33 bits per heavy atom. The van der Waals surface area contributed by atoms with Crippen molar-refractivity contribution in [3.63, 3.8) is 0 Å². The Morgan fingerprint density at radius 2 is 2.11 bits per heavy atom. The van der Waals surface area contributed by atoms with Gasteiger partial charge in [-0.05, 0) is 38.5 Å². The lowest BCUT2D eigenvalue weighted by atomic mass is 10.2. The van der Waals surface area contributed by atoms with Crippen LogP contribution in [0.3, 0.4) is 0 Å². The number of esters is 2. The highest BCUT2D eigenvalue weighted by molar-refractivity contribution is 7.20. The Bertz CT molecular complexity index is 1060. The Balaban J connectivity index is 1.92. The number of aromatic amines is 1. The summed E-state index contributed by atoms with van der Waals surface area (Å²) >= 11 is 1.08. The van der Waals surface area contributed by atoms with Crippen molar-refractivity contribution in [3.05, 3.63) is 56.7 Å². The van der Waals surface area contributed by atoms with Gasteiger partial charge in [-0.2, -0.15) is 0 Å². The number of carbonyl (C=O) groups is 2. The van der Waals surface area contributed by atoms with Gasteiger partial charge in [-0.25, -0.2) is 14.6 Å². The summed E-state index contributed by atoms with van der Waals surface area (Å²) in [5.41, 5.74) is 0.418. The van der Waals surface area contributed by atoms with Crippen LogP contribution >= 0.6 is 11.3 Å². The molecule has 0 saturated heterocycles. The first-order chi connectivity index (χ1) is 12.9. The van der Waals surface area contributed by atoms with Crippen molar-refractivity contribution in [1.82, 2.24) is 15.0 Å². The van der Waals surface area contributed by atoms with Crippen LogP contribution in [-0.4, -0.2) is 33.5 Å². The van der Waals surface area contributed by atoms with Crippen molar-refractivity contribution >= 4 is 33.5 Å². The van der Waals surface area contributed by atoms with Gasteiger partial charge in [0.2, 0.25) is 0 Å². The molecule has 0 spiro atoms. The second-order valence-electron chi connectivity index (χ2n) is 5.70. The molecule has 3 aromatic heterocycles. The number of aryl methyl sites for hydroxylation is 1. The van der Waals surface area contributed by atoms with E-state index in [0.717, 1.165) is 11.3 Å². The van der Waals surface area contributed by atoms with Crippen LogP contribution in [0.1, 0.15) is 51.4 Å². The second-order valence-corrected chi connectivity index (χ2v) is 6.70. The zero-order chi connectivity index (χ0) is 19.6. The third kappa shape index (κ3) is 3.72. The van der Waals surface area contributed by atoms with E-state index in [1.807, 2.05) is 0 Å². The van der Waals surface area contributed by atoms with Crippen LogP contribution in [0.5, 0.6) is 0 Å². The Labute approximate surface area is 158 Å². The van der Waals surface area contributed by atoms with Gasteiger partial charge in [-0.3, -0.25) is 9.78 Å². The Kier molecular flexibility index (Phi) is 5.31. The standard InChI is InChI=1S/C18H17N3O5S/c1-4-25-18(24)13-9(2)12-15(22)20-14(21-16(12)27-13)10(3)26-17(23)11-6-5-7-19-8-11/h5-8,10H,4H2,1-3H3,(H,20,21,22)/t10-/m1/s1. The average Bonchev–Trinajstić information content (AvgIpc) is 2.99. The van der Waals surface area contributed by atoms with E-state index in [1.165, 1.54) is 6.20 Å². The normalized spacial score (nSPS) is 12.0. The maximum absolute atomic E-state index is 12.5. The largest absolute Gasteiger partial charge is 0.462 e. The Hall–Kier alpha value is -3.07. The number of hydrogen-bond donors (Lipinski definition) is 1. The van der Waals surface area contributed by atoms with Crippen molar-refractivity contribution in [2.45, 2.75) is 26.9 Å². The van der Waals surface area contributed by atoms with E-state index in [-0.39, 0.29) is 12.4 Å². The molecule has 0 fully saturated rings. The summed E-state index contributed by atoms with van der Waals surface area (Å²) in [6, 6.07) is 3.20. The number of rotatable bonds is 5. The molecule has 8 nitrogen and oxygen atoms in total. The summed E-state index contributed by atoms with van der Waals surface area (Å²) in [5.74, 6) is -0.871. The van der Waals surface area contributed by atoms with Crippen molar-refractivity contribution in [2.75, 3.05) is 6.61 Å². The van der Waals surface area contributed by atoms with Crippen molar-refractivity contribution in [3.8, 4) is 0 Å². The van der Waals surface area contributed by atoms with Gasteiger partial charge >= 0.3 is 11.9 Å². The molecule has 3 aromatic rings. The summed E-state index contributed by atoms with van der Waals surface area (Å²) in [5, 5.41) is 0.331. The van der Waals surface area contributed by atoms with E-state index in [0.29, 0.717) is 26.2 Å². The highest BCUT2D eigenvalue weighted by Crippen LogP contribution is 2.28. The van der Waals surface area contributed by atoms with Crippen LogP contribution in [0.25, 0.3) is 10.2 Å². The fourth-order valence-electron chi connectivity index (χ4n) is 2.51. The molecule has 0 aliphatic carbocycles. The molecule has 0 aliphatic rings. The van der Waals surface area contributed by atoms with Gasteiger partial charge in [0.05, 0.1) is 17.6 Å². The predicted molar refractivity (Wildman–Crippen MR) is 99.0 cm³/mol. The molecular weight excluding hydrogens is 370 g/mol. The topological polar surface area (TPSA) is 111 Å². The number of pyridine rings is 1. The number of hydrogen-bond acceptors (Lipinski definition) is 8. The average molecular weight is 387 g/mol. The number of fused-ring (bicyclic) bond motifs is 1. The minimum Gasteiger partial charge on any atom is -0.462 e. The van der Waals surface area contributed by atoms with Gasteiger partial charge < -0.3 is 14.5 Å². The van der Waals surface area contributed by atoms with Crippen LogP contribution in [0.4, 0.5) is 0 Å². The van der Waals surface area contributed by atoms with Gasteiger partial charge in [0.15, 0.2) is 11.9 Å². The monoisotopic (exact) mass is 387 g/mol. The molecule has 0 radical (unpaired) electrons. The van der Waals surface area contributed by atoms with Crippen molar-refractivity contribution in [2.24, 2.45) is 0 Å². The quantitative estimate of drug-likeness (QED) is 0.670. The molecule has 0 unspecified atom stereocenters. The lowest BCUT2D eigenvalue weighted by Gasteiger charge is -2.12. The minimum absolute atomic E-state index is 0.196. The molecule has 0 aliphatic heterocycles. The summed E-state index contributed by atoms with van der Waals surface area (Å²) in [4.78, 5) is 48.3. The zero-order valence-corrected chi connectivity index (χ0v) is 15.8. The van der Waals surface area contributed by atoms with Gasteiger partial charge in [0.1, 0.15) is 9.71 Å². The molecule has 140 valence electrons. The molecule has 0 saturated carbocycles. The maximum Gasteiger partial charge on any atom is 0.348 e. The van der Waals surface area contributed by atoms with E-state index in [1.54, 1.807) is 39.1 Å². The molecule has 27 heavy (non-hydrogen) atoms. The molecule has 9 heteroatoms. The molecule has 0 bridgehead atoms. The van der Waals surface area contributed by atoms with E-state index >= 15 is 0 Å². The number of thiophene rings is 1. The van der Waals surface area contributed by atoms with Crippen LogP contribution in [-0.2, 0) is 9.47 Å². The molecule has 0 amide bonds. The number of aromatic nitrogens is 3. The van der Waals surface area contributed by atoms with E-state index in [2.05, 4.69) is 15.0 Å². The highest BCUT2D eigenvalue weighted by Gasteiger charge is 2.22. The lowest BCUT2D eigenvalue weighted by molar-refractivity contribution is 0.0319. The number of H-pyrrole nitrogens is 1. The number of nitrogens with one attached hydrogen (secondary N) is 1. The molecule has 1 N–H and O–H groups in total. The second kappa shape index (κ2) is 7.67. The molecule has 3 rings (SSSR count). The minimum atomic E-state index is -0.789. The number of ether oxygens (including phenoxy) is 2. The molecule has 1 atom stereocenters. The zero-order valence-electron chi connectivity index (χ0n) is 14.9. The van der Waals surface area contributed by atoms with Crippen LogP contribution in [0.2, 0.25) is 0 Å². The fraction of sp³-hybridized carbons (Fsp3) is 0.278. The number of carbonyl (C=O) groups excluding carboxylic acids is 2. The van der Waals surface area contributed by atoms with Crippen LogP contribution < -0.4 is 5.56 Å². The van der Waals surface area contributed by atoms with Crippen molar-refractivity contribution in [1.29, 1.82) is 0 Å². The maximum atomic E-state index is 12.5. The van der Waals surface area contributed by atoms with E-state index in [4.69, 9.17) is 9.47 Å². The van der Waals surface area contributed by atoms with Gasteiger partial charge in [-0.1, -0.05) is 0 Å². The smallest absolute Gasteiger partial charge is 0.348 e. The van der Waals surface area contributed by atoms with E-state index in [9.17, 15) is 14.4 Å². The first-order valence-electron chi connectivity index (χ1n) is 8.23. The lowest BCUT2D eigenvalue weighted by Crippen LogP contribution is -2.17. The first kappa shape index (κ1) is 18.7. The van der Waals surface area contributed by atoms with Gasteiger partial charge in [0.25, 0.3) is 5.56 Å². The van der Waals surface area contributed by atoms with Crippen LogP contribution in [0, 0.1) is 6.92 Å². The number of nitrogens with zero attached hydrogens (tertiary/aromatic N) is 2. The fourth-order valence-corrected chi connectivity index (χ4v) is 3.59. The van der Waals surface area contributed by atoms with Gasteiger partial charge in [0, 0.05) is 12.4 Å². The predicted octanol–water partition coefficient (Wildman–Crippen LogP) is 2.78. The van der Waals surface area contributed by atoms with Crippen LogP contribution in [0.15, 0.2) is 29.3 Å². The molecule has 3 heterocycles. The molecular formula is C18H17N3O5S. The SMILES string of the molecule is CCOC(=O)c1sc2nc([C@@H](C)OC(=O)c3cccnc3)[nH]c(=O)c2c1C. The third-order valence-electron chi connectivity index (χ3n) is 3.85. The third-order valence-corrected chi connectivity index (χ3v) is 5.01. The van der Waals surface area contributed by atoms with E-state index < -0.39 is 23.6 Å².